The molecule has 2 aliphatic rings. The van der Waals surface area contributed by atoms with Gasteiger partial charge in [-0.3, -0.25) is 0 Å². The molecule has 0 spiro atoms. The first-order valence-corrected chi connectivity index (χ1v) is 18.9. The minimum Gasteiger partial charge on any atom is -0.309 e. The summed E-state index contributed by atoms with van der Waals surface area (Å²) in [6.45, 7) is 13.0. The molecule has 254 valence electrons. The predicted octanol–water partition coefficient (Wildman–Crippen LogP) is 14.1. The summed E-state index contributed by atoms with van der Waals surface area (Å²) in [4.78, 5) is 2.87. The molecule has 1 aliphatic carbocycles. The van der Waals surface area contributed by atoms with Crippen LogP contribution < -0.4 is 0 Å². The van der Waals surface area contributed by atoms with E-state index >= 15 is 0 Å². The molecule has 0 saturated heterocycles. The van der Waals surface area contributed by atoms with Crippen LogP contribution in [0.3, 0.4) is 0 Å². The molecule has 0 amide bonds. The van der Waals surface area contributed by atoms with E-state index < -0.39 is 0 Å². The van der Waals surface area contributed by atoms with Gasteiger partial charge in [0.2, 0.25) is 0 Å². The van der Waals surface area contributed by atoms with Gasteiger partial charge in [-0.2, -0.15) is 0 Å². The summed E-state index contributed by atoms with van der Waals surface area (Å²) in [7, 11) is 0. The molecule has 1 aromatic heterocycles. The highest BCUT2D eigenvalue weighted by Crippen LogP contribution is 2.56. The maximum Gasteiger partial charge on any atom is 0.0541 e. The molecule has 0 saturated carbocycles. The van der Waals surface area contributed by atoms with Crippen molar-refractivity contribution in [3.63, 3.8) is 0 Å². The maximum atomic E-state index is 4.16. The Labute approximate surface area is 312 Å². The highest BCUT2D eigenvalue weighted by Gasteiger charge is 2.36. The van der Waals surface area contributed by atoms with Gasteiger partial charge >= 0.3 is 0 Å². The topological polar surface area (TPSA) is 4.93 Å². The lowest BCUT2D eigenvalue weighted by molar-refractivity contribution is 0.647. The average Bonchev–Trinajstić information content (AvgIpc) is 3.73. The molecule has 7 aromatic rings. The van der Waals surface area contributed by atoms with Crippen molar-refractivity contribution in [3.8, 4) is 16.8 Å². The van der Waals surface area contributed by atoms with E-state index in [1.165, 1.54) is 81.8 Å². The molecule has 0 radical (unpaired) electrons. The average molecular weight is 690 g/mol. The van der Waals surface area contributed by atoms with Gasteiger partial charge in [-0.15, -0.1) is 0 Å². The largest absolute Gasteiger partial charge is 0.309 e. The molecule has 1 nitrogen and oxygen atoms in total. The number of benzene rings is 6. The van der Waals surface area contributed by atoms with Crippen LogP contribution in [-0.4, -0.2) is 4.57 Å². The van der Waals surface area contributed by atoms with Gasteiger partial charge in [0.05, 0.1) is 11.0 Å². The van der Waals surface area contributed by atoms with E-state index in [0.29, 0.717) is 11.8 Å². The first-order valence-electron chi connectivity index (χ1n) is 18.1. The number of allylic oxidation sites excluding steroid dienone is 6. The Kier molecular flexibility index (Phi) is 9.18. The summed E-state index contributed by atoms with van der Waals surface area (Å²) in [6, 6.07) is 52.1. The van der Waals surface area contributed by atoms with Gasteiger partial charge in [-0.25, -0.2) is 0 Å². The second kappa shape index (κ2) is 14.2. The second-order valence-electron chi connectivity index (χ2n) is 14.1. The highest BCUT2D eigenvalue weighted by molar-refractivity contribution is 8.03. The minimum absolute atomic E-state index is 0.420. The fourth-order valence-corrected chi connectivity index (χ4v) is 8.98. The molecule has 2 heteroatoms. The van der Waals surface area contributed by atoms with Gasteiger partial charge in [-0.05, 0) is 114 Å². The Morgan fingerprint density at radius 3 is 2.08 bits per heavy atom. The molecule has 0 fully saturated rings. The zero-order valence-corrected chi connectivity index (χ0v) is 31.1. The fraction of sp³-hybridized carbons (Fsp3) is 0.120. The molecule has 6 aromatic carbocycles. The van der Waals surface area contributed by atoms with Crippen molar-refractivity contribution in [2.45, 2.75) is 38.5 Å². The molecule has 1 aliphatic heterocycles. The number of hydrogen-bond acceptors (Lipinski definition) is 1. The molecule has 0 bridgehead atoms. The third kappa shape index (κ3) is 6.18. The van der Waals surface area contributed by atoms with Gasteiger partial charge in [0.15, 0.2) is 0 Å². The van der Waals surface area contributed by atoms with E-state index in [-0.39, 0.29) is 0 Å². The number of aromatic nitrogens is 1. The zero-order chi connectivity index (χ0) is 35.8. The van der Waals surface area contributed by atoms with Crippen molar-refractivity contribution < 1.29 is 0 Å². The Hall–Kier alpha value is -5.57. The van der Waals surface area contributed by atoms with Crippen LogP contribution in [0.4, 0.5) is 0 Å². The normalized spacial score (nSPS) is 15.7. The van der Waals surface area contributed by atoms with Crippen LogP contribution >= 0.6 is 11.8 Å². The van der Waals surface area contributed by atoms with Crippen LogP contribution in [-0.2, 0) is 0 Å². The van der Waals surface area contributed by atoms with Crippen LogP contribution in [0.1, 0.15) is 48.9 Å². The van der Waals surface area contributed by atoms with Gasteiger partial charge < -0.3 is 4.57 Å². The van der Waals surface area contributed by atoms with Crippen molar-refractivity contribution in [3.05, 3.63) is 209 Å². The lowest BCUT2D eigenvalue weighted by Crippen LogP contribution is -2.14. The molecule has 2 heterocycles. The lowest BCUT2D eigenvalue weighted by atomic mass is 9.77. The quantitative estimate of drug-likeness (QED) is 0.163. The zero-order valence-electron chi connectivity index (χ0n) is 30.3. The molecule has 9 rings (SSSR count). The van der Waals surface area contributed by atoms with E-state index in [1.807, 2.05) is 30.0 Å². The van der Waals surface area contributed by atoms with E-state index in [0.717, 1.165) is 5.57 Å². The SMILES string of the molecule is C=C(c1ccccc1)c1ccccc1C.CC(C)=C(C)C1C=CC=C2Sc3ccc(-c4ccc5c(c4)c4ccccc4n5-c4ccccc4)cc3C21. The number of aryl methyl sites for hydroxylation is 1. The second-order valence-corrected chi connectivity index (χ2v) is 15.2. The highest BCUT2D eigenvalue weighted by atomic mass is 32.2. The Morgan fingerprint density at radius 1 is 0.654 bits per heavy atom. The Morgan fingerprint density at radius 2 is 1.31 bits per heavy atom. The summed E-state index contributed by atoms with van der Waals surface area (Å²) in [5, 5.41) is 2.59. The number of rotatable bonds is 5. The summed E-state index contributed by atoms with van der Waals surface area (Å²) in [5.41, 5.74) is 15.4. The molecule has 52 heavy (non-hydrogen) atoms. The summed E-state index contributed by atoms with van der Waals surface area (Å²) < 4.78 is 2.38. The van der Waals surface area contributed by atoms with Gasteiger partial charge in [-0.1, -0.05) is 151 Å². The Balaban J connectivity index is 0.000000216. The molecule has 2 atom stereocenters. The lowest BCUT2D eigenvalue weighted by Gasteiger charge is -2.27. The van der Waals surface area contributed by atoms with E-state index in [4.69, 9.17) is 0 Å². The smallest absolute Gasteiger partial charge is 0.0541 e. The van der Waals surface area contributed by atoms with Crippen molar-refractivity contribution in [2.24, 2.45) is 5.92 Å². The van der Waals surface area contributed by atoms with Crippen molar-refractivity contribution in [2.75, 3.05) is 0 Å². The standard InChI is InChI=1S/C35H29NS.C15H14/c1-22(2)23(3)27-13-9-15-34-35(27)30-21-25(17-19-33(30)37-34)24-16-18-32-29(20-24)28-12-7-8-14-31(28)36(32)26-10-5-4-6-11-26;1-12-8-6-7-11-15(12)13(2)14-9-4-3-5-10-14/h4-21,27,35H,1-3H3;3-11H,2H2,1H3. The van der Waals surface area contributed by atoms with Crippen molar-refractivity contribution in [1.29, 1.82) is 0 Å². The predicted molar refractivity (Wildman–Crippen MR) is 225 cm³/mol. The van der Waals surface area contributed by atoms with Crippen LogP contribution in [0.2, 0.25) is 0 Å². The Bertz CT molecular complexity index is 2540. The van der Waals surface area contributed by atoms with Gasteiger partial charge in [0.25, 0.3) is 0 Å². The molecular weight excluding hydrogens is 647 g/mol. The number of para-hydroxylation sites is 2. The summed E-state index contributed by atoms with van der Waals surface area (Å²) in [5.74, 6) is 0.851. The first-order chi connectivity index (χ1) is 25.4. The number of fused-ring (bicyclic) bond motifs is 6. The summed E-state index contributed by atoms with van der Waals surface area (Å²) >= 11 is 1.95. The van der Waals surface area contributed by atoms with E-state index in [9.17, 15) is 0 Å². The third-order valence-corrected chi connectivity index (χ3v) is 11.9. The van der Waals surface area contributed by atoms with Crippen molar-refractivity contribution in [1.82, 2.24) is 4.57 Å². The van der Waals surface area contributed by atoms with Crippen LogP contribution in [0.15, 0.2) is 191 Å². The number of thioether (sulfide) groups is 1. The number of nitrogens with zero attached hydrogens (tertiary/aromatic N) is 1. The van der Waals surface area contributed by atoms with Crippen LogP contribution in [0, 0.1) is 12.8 Å². The number of hydrogen-bond donors (Lipinski definition) is 0. The molecule has 0 N–H and O–H groups in total. The minimum atomic E-state index is 0.420. The van der Waals surface area contributed by atoms with Crippen molar-refractivity contribution >= 4 is 39.1 Å². The maximum absolute atomic E-state index is 4.16. The fourth-order valence-electron chi connectivity index (χ4n) is 7.74. The molecule has 2 unspecified atom stereocenters. The summed E-state index contributed by atoms with van der Waals surface area (Å²) in [6.07, 6.45) is 6.96. The van der Waals surface area contributed by atoms with Gasteiger partial charge in [0.1, 0.15) is 0 Å². The monoisotopic (exact) mass is 689 g/mol. The van der Waals surface area contributed by atoms with E-state index in [2.05, 4.69) is 184 Å². The van der Waals surface area contributed by atoms with Crippen LogP contribution in [0.25, 0.3) is 44.2 Å². The third-order valence-electron chi connectivity index (χ3n) is 10.7. The molecular formula is C50H43NS. The van der Waals surface area contributed by atoms with Gasteiger partial charge in [0, 0.05) is 33.2 Å². The van der Waals surface area contributed by atoms with Crippen LogP contribution in [0.5, 0.6) is 0 Å². The first kappa shape index (κ1) is 33.6. The van der Waals surface area contributed by atoms with E-state index in [1.54, 1.807) is 0 Å².